The first-order valence-electron chi connectivity index (χ1n) is 14.4. The number of hydrogen-bond acceptors (Lipinski definition) is 6. The van der Waals surface area contributed by atoms with Gasteiger partial charge in [0.2, 0.25) is 5.91 Å². The topological polar surface area (TPSA) is 117 Å². The molecule has 6 aliphatic rings. The van der Waals surface area contributed by atoms with Crippen LogP contribution in [0.3, 0.4) is 0 Å². The van der Waals surface area contributed by atoms with E-state index < -0.39 is 11.9 Å². The molecule has 3 aliphatic carbocycles. The lowest BCUT2D eigenvalue weighted by molar-refractivity contribution is -0.118. The Balaban J connectivity index is 1.32. The van der Waals surface area contributed by atoms with Crippen molar-refractivity contribution in [2.24, 2.45) is 47.3 Å². The van der Waals surface area contributed by atoms with Crippen LogP contribution >= 0.6 is 0 Å². The van der Waals surface area contributed by atoms with Gasteiger partial charge in [0.1, 0.15) is 11.3 Å². The number of carbonyl (C=O) groups is 3. The minimum atomic E-state index is -0.664. The molecule has 0 aromatic rings. The van der Waals surface area contributed by atoms with Gasteiger partial charge < -0.3 is 25.2 Å². The number of rotatable bonds is 2. The molecule has 3 heterocycles. The summed E-state index contributed by atoms with van der Waals surface area (Å²) in [7, 11) is 1.80. The van der Waals surface area contributed by atoms with E-state index in [4.69, 9.17) is 9.47 Å². The van der Waals surface area contributed by atoms with Crippen LogP contribution in [0.4, 0.5) is 0 Å². The van der Waals surface area contributed by atoms with Crippen molar-refractivity contribution >= 4 is 17.6 Å². The second-order valence-corrected chi connectivity index (χ2v) is 12.4. The molecule has 2 bridgehead atoms. The zero-order chi connectivity index (χ0) is 26.7. The minimum absolute atomic E-state index is 0.135. The highest BCUT2D eigenvalue weighted by molar-refractivity contribution is 6.27. The molecule has 0 spiro atoms. The Morgan fingerprint density at radius 3 is 2.63 bits per heavy atom. The van der Waals surface area contributed by atoms with Crippen LogP contribution < -0.4 is 10.6 Å². The molecular formula is C30H40N2O6. The number of nitrogens with one attached hydrogen (secondary N) is 2. The smallest absolute Gasteiger partial charge is 0.259 e. The van der Waals surface area contributed by atoms with Gasteiger partial charge in [-0.05, 0) is 98.5 Å². The van der Waals surface area contributed by atoms with E-state index >= 15 is 0 Å². The van der Waals surface area contributed by atoms with Gasteiger partial charge in [-0.15, -0.1) is 0 Å². The van der Waals surface area contributed by atoms with Gasteiger partial charge in [0, 0.05) is 13.7 Å². The number of fused-ring (bicyclic) bond motifs is 10. The fourth-order valence-electron chi connectivity index (χ4n) is 9.00. The lowest BCUT2D eigenvalue weighted by atomic mass is 9.65. The van der Waals surface area contributed by atoms with E-state index in [1.165, 1.54) is 6.42 Å². The fourth-order valence-corrected chi connectivity index (χ4v) is 9.00. The van der Waals surface area contributed by atoms with Crippen LogP contribution in [0, 0.1) is 47.3 Å². The summed E-state index contributed by atoms with van der Waals surface area (Å²) in [5.41, 5.74) is -0.152. The molecule has 3 aliphatic heterocycles. The Morgan fingerprint density at radius 2 is 1.84 bits per heavy atom. The van der Waals surface area contributed by atoms with Crippen molar-refractivity contribution in [3.63, 3.8) is 0 Å². The maximum atomic E-state index is 12.9. The third-order valence-corrected chi connectivity index (χ3v) is 10.6. The summed E-state index contributed by atoms with van der Waals surface area (Å²) in [6.45, 7) is 4.96. The number of allylic oxidation sites excluding steroid dienone is 3. The molecule has 6 rings (SSSR count). The van der Waals surface area contributed by atoms with Gasteiger partial charge in [-0.1, -0.05) is 19.1 Å². The first-order chi connectivity index (χ1) is 18.3. The molecule has 3 N–H and O–H groups in total. The molecule has 2 saturated heterocycles. The first-order valence-corrected chi connectivity index (χ1v) is 14.4. The van der Waals surface area contributed by atoms with Crippen molar-refractivity contribution in [2.45, 2.75) is 70.3 Å². The van der Waals surface area contributed by atoms with Gasteiger partial charge in [0.05, 0.1) is 24.4 Å². The van der Waals surface area contributed by atoms with Gasteiger partial charge in [-0.2, -0.15) is 0 Å². The number of carbonyl (C=O) groups excluding carboxylic acids is 3. The van der Waals surface area contributed by atoms with Gasteiger partial charge in [0.15, 0.2) is 5.78 Å². The fraction of sp³-hybridized carbons (Fsp3) is 0.700. The number of amides is 2. The van der Waals surface area contributed by atoms with Crippen LogP contribution in [0.2, 0.25) is 0 Å². The van der Waals surface area contributed by atoms with Crippen LogP contribution in [0.25, 0.3) is 0 Å². The van der Waals surface area contributed by atoms with Crippen LogP contribution in [-0.2, 0) is 23.9 Å². The second-order valence-electron chi connectivity index (χ2n) is 12.4. The standard InChI is InChI=1S/C30H40N2O6/c1-14-12-18-19-13-16-9-10-21(33)26-27(35)20(32-30(26)36)7-5-11-31-22(34)8-4-6-17(16)24(19)28-29(38-28)25(18)23(14)15(2)37-3/h4,8-10,14-20,23-25,28-29,33H,5-7,11-13H2,1-3H3,(H,31,34)(H,32,36). The van der Waals surface area contributed by atoms with E-state index in [9.17, 15) is 19.5 Å². The molecule has 38 heavy (non-hydrogen) atoms. The summed E-state index contributed by atoms with van der Waals surface area (Å²) in [5.74, 6) is 2.16. The molecule has 8 nitrogen and oxygen atoms in total. The predicted octanol–water partition coefficient (Wildman–Crippen LogP) is 2.85. The largest absolute Gasteiger partial charge is 0.507 e. The summed E-state index contributed by atoms with van der Waals surface area (Å²) in [4.78, 5) is 37.8. The average Bonchev–Trinajstić information content (AvgIpc) is 3.35. The molecule has 12 atom stereocenters. The molecule has 3 saturated carbocycles. The van der Waals surface area contributed by atoms with E-state index in [-0.39, 0.29) is 53.2 Å². The third-order valence-electron chi connectivity index (χ3n) is 10.6. The predicted molar refractivity (Wildman–Crippen MR) is 140 cm³/mol. The number of methoxy groups -OCH3 is 1. The molecule has 0 radical (unpaired) electrons. The highest BCUT2D eigenvalue weighted by atomic mass is 16.6. The SMILES string of the molecule is COC(C)C1C(C)CC2C3CC4C=CC(O)=C5C(=O)NC(CCCNC(=O)C=CCC4C3C3OC3C21)C5=O. The molecule has 8 heteroatoms. The molecule has 0 aromatic carbocycles. The number of aliphatic hydroxyl groups is 1. The van der Waals surface area contributed by atoms with Crippen molar-refractivity contribution in [3.05, 3.63) is 35.6 Å². The Labute approximate surface area is 224 Å². The van der Waals surface area contributed by atoms with Crippen molar-refractivity contribution in [1.29, 1.82) is 0 Å². The molecule has 0 aromatic heterocycles. The molecule has 12 unspecified atom stereocenters. The zero-order valence-corrected chi connectivity index (χ0v) is 22.5. The average molecular weight is 525 g/mol. The second kappa shape index (κ2) is 9.94. The van der Waals surface area contributed by atoms with E-state index in [1.54, 1.807) is 19.3 Å². The minimum Gasteiger partial charge on any atom is -0.507 e. The van der Waals surface area contributed by atoms with Crippen molar-refractivity contribution in [3.8, 4) is 0 Å². The van der Waals surface area contributed by atoms with Gasteiger partial charge in [-0.25, -0.2) is 0 Å². The molecule has 206 valence electrons. The number of aliphatic hydroxyl groups excluding tert-OH is 1. The zero-order valence-electron chi connectivity index (χ0n) is 22.5. The number of epoxide rings is 1. The Hall–Kier alpha value is -2.45. The number of ether oxygens (including phenoxy) is 2. The maximum Gasteiger partial charge on any atom is 0.259 e. The van der Waals surface area contributed by atoms with Crippen LogP contribution in [0.15, 0.2) is 35.6 Å². The summed E-state index contributed by atoms with van der Waals surface area (Å²) in [6.07, 6.45) is 11.7. The number of ketones is 1. The van der Waals surface area contributed by atoms with E-state index in [0.717, 1.165) is 12.8 Å². The normalized spacial score (nSPS) is 45.1. The lowest BCUT2D eigenvalue weighted by Crippen LogP contribution is -2.41. The molecular weight excluding hydrogens is 484 g/mol. The highest BCUT2D eigenvalue weighted by Gasteiger charge is 2.68. The first kappa shape index (κ1) is 25.8. The highest BCUT2D eigenvalue weighted by Crippen LogP contribution is 2.66. The summed E-state index contributed by atoms with van der Waals surface area (Å²) in [6, 6.07) is -0.664. The van der Waals surface area contributed by atoms with Crippen molar-refractivity contribution in [1.82, 2.24) is 10.6 Å². The van der Waals surface area contributed by atoms with Gasteiger partial charge in [-0.3, -0.25) is 14.4 Å². The summed E-state index contributed by atoms with van der Waals surface area (Å²) >= 11 is 0. The van der Waals surface area contributed by atoms with Crippen LogP contribution in [0.5, 0.6) is 0 Å². The number of Topliss-reactive ketones (excluding diaryl/α,β-unsaturated/α-hetero) is 1. The molecule has 2 amide bonds. The van der Waals surface area contributed by atoms with E-state index in [1.807, 2.05) is 12.2 Å². The van der Waals surface area contributed by atoms with Crippen molar-refractivity contribution < 1.29 is 29.0 Å². The van der Waals surface area contributed by atoms with Crippen LogP contribution in [-0.4, -0.2) is 60.7 Å². The quantitative estimate of drug-likeness (QED) is 0.378. The molecule has 5 fully saturated rings. The summed E-state index contributed by atoms with van der Waals surface area (Å²) < 4.78 is 12.2. The third kappa shape index (κ3) is 4.24. The van der Waals surface area contributed by atoms with Crippen LogP contribution in [0.1, 0.15) is 46.0 Å². The Bertz CT molecular complexity index is 1100. The lowest BCUT2D eigenvalue weighted by Gasteiger charge is -2.38. The van der Waals surface area contributed by atoms with Crippen molar-refractivity contribution in [2.75, 3.05) is 13.7 Å². The van der Waals surface area contributed by atoms with E-state index in [2.05, 4.69) is 24.5 Å². The Morgan fingerprint density at radius 1 is 1.08 bits per heavy atom. The maximum absolute atomic E-state index is 12.9. The summed E-state index contributed by atoms with van der Waals surface area (Å²) in [5, 5.41) is 16.4. The van der Waals surface area contributed by atoms with Gasteiger partial charge in [0.25, 0.3) is 5.91 Å². The monoisotopic (exact) mass is 524 g/mol. The van der Waals surface area contributed by atoms with Gasteiger partial charge >= 0.3 is 0 Å². The van der Waals surface area contributed by atoms with E-state index in [0.29, 0.717) is 54.9 Å². The Kier molecular flexibility index (Phi) is 6.75. The number of hydrogen-bond donors (Lipinski definition) is 3.